The van der Waals surface area contributed by atoms with Crippen LogP contribution in [0.15, 0.2) is 53.3 Å². The molecule has 0 unspecified atom stereocenters. The Morgan fingerprint density at radius 3 is 2.62 bits per heavy atom. The lowest BCUT2D eigenvalue weighted by Crippen LogP contribution is -2.27. The SMILES string of the molecule is CS(=O)(=O)c1cccc2c1C(=O)C=C(Nc1cnccc1C1CCNCC1)C2=O. The number of piperidine rings is 1. The Morgan fingerprint density at radius 1 is 1.14 bits per heavy atom. The average molecular weight is 411 g/mol. The van der Waals surface area contributed by atoms with Crippen molar-refractivity contribution in [3.05, 3.63) is 65.1 Å². The quantitative estimate of drug-likeness (QED) is 0.795. The number of anilines is 1. The van der Waals surface area contributed by atoms with Crippen molar-refractivity contribution in [3.8, 4) is 0 Å². The van der Waals surface area contributed by atoms with Crippen molar-refractivity contribution in [2.75, 3.05) is 24.7 Å². The van der Waals surface area contributed by atoms with Gasteiger partial charge in [-0.3, -0.25) is 14.6 Å². The van der Waals surface area contributed by atoms with E-state index < -0.39 is 21.4 Å². The van der Waals surface area contributed by atoms with E-state index in [1.807, 2.05) is 6.07 Å². The van der Waals surface area contributed by atoms with Gasteiger partial charge in [0.2, 0.25) is 5.78 Å². The predicted octanol–water partition coefficient (Wildman–Crippen LogP) is 2.33. The molecule has 0 radical (unpaired) electrons. The number of rotatable bonds is 4. The van der Waals surface area contributed by atoms with Gasteiger partial charge in [-0.2, -0.15) is 0 Å². The maximum atomic E-state index is 13.0. The van der Waals surface area contributed by atoms with Crippen LogP contribution in [-0.2, 0) is 9.84 Å². The smallest absolute Gasteiger partial charge is 0.210 e. The summed E-state index contributed by atoms with van der Waals surface area (Å²) in [5.41, 5.74) is 1.90. The molecule has 0 amide bonds. The standard InChI is InChI=1S/C21H21N3O4S/c1-29(27,28)19-4-2-3-15-20(19)18(25)11-16(21(15)26)24-17-12-23-10-7-14(17)13-5-8-22-9-6-13/h2-4,7,10-13,22,24H,5-6,8-9H2,1H3. The molecule has 2 N–H and O–H groups in total. The summed E-state index contributed by atoms with van der Waals surface area (Å²) >= 11 is 0. The van der Waals surface area contributed by atoms with E-state index in [1.165, 1.54) is 24.3 Å². The second-order valence-electron chi connectivity index (χ2n) is 7.31. The first kappa shape index (κ1) is 19.5. The molecular formula is C21H21N3O4S. The van der Waals surface area contributed by atoms with Gasteiger partial charge in [-0.25, -0.2) is 8.42 Å². The Bertz CT molecular complexity index is 1130. The number of Topliss-reactive ketones (excluding diaryl/α,β-unsaturated/α-hetero) is 1. The molecule has 4 rings (SSSR count). The second kappa shape index (κ2) is 7.53. The number of fused-ring (bicyclic) bond motifs is 1. The normalized spacial score (nSPS) is 17.6. The second-order valence-corrected chi connectivity index (χ2v) is 9.30. The predicted molar refractivity (Wildman–Crippen MR) is 109 cm³/mol. The van der Waals surface area contributed by atoms with Gasteiger partial charge in [-0.15, -0.1) is 0 Å². The molecule has 1 aromatic heterocycles. The number of pyridine rings is 1. The summed E-state index contributed by atoms with van der Waals surface area (Å²) in [5.74, 6) is -0.582. The maximum absolute atomic E-state index is 13.0. The summed E-state index contributed by atoms with van der Waals surface area (Å²) in [5, 5.41) is 6.42. The molecule has 150 valence electrons. The van der Waals surface area contributed by atoms with Crippen LogP contribution in [-0.4, -0.2) is 44.3 Å². The molecule has 2 aliphatic rings. The van der Waals surface area contributed by atoms with Crippen molar-refractivity contribution in [2.45, 2.75) is 23.7 Å². The highest BCUT2D eigenvalue weighted by molar-refractivity contribution is 7.90. The lowest BCUT2D eigenvalue weighted by atomic mass is 9.89. The molecule has 0 saturated carbocycles. The summed E-state index contributed by atoms with van der Waals surface area (Å²) in [6.45, 7) is 1.85. The minimum Gasteiger partial charge on any atom is -0.351 e. The van der Waals surface area contributed by atoms with Crippen molar-refractivity contribution >= 4 is 27.1 Å². The van der Waals surface area contributed by atoms with Gasteiger partial charge < -0.3 is 10.6 Å². The van der Waals surface area contributed by atoms with Gasteiger partial charge in [0.15, 0.2) is 15.6 Å². The molecule has 2 heterocycles. The summed E-state index contributed by atoms with van der Waals surface area (Å²) in [4.78, 5) is 29.8. The lowest BCUT2D eigenvalue weighted by Gasteiger charge is -2.26. The molecular weight excluding hydrogens is 390 g/mol. The van der Waals surface area contributed by atoms with Crippen LogP contribution in [0.1, 0.15) is 45.0 Å². The Balaban J connectivity index is 1.70. The van der Waals surface area contributed by atoms with Crippen molar-refractivity contribution in [3.63, 3.8) is 0 Å². The fraction of sp³-hybridized carbons (Fsp3) is 0.286. The van der Waals surface area contributed by atoms with Gasteiger partial charge >= 0.3 is 0 Å². The Labute approximate surface area is 169 Å². The lowest BCUT2D eigenvalue weighted by molar-refractivity contribution is 0.0983. The van der Waals surface area contributed by atoms with Crippen LogP contribution < -0.4 is 10.6 Å². The number of hydrogen-bond acceptors (Lipinski definition) is 7. The number of benzene rings is 1. The Hall–Kier alpha value is -2.84. The van der Waals surface area contributed by atoms with Gasteiger partial charge in [0, 0.05) is 24.1 Å². The molecule has 1 aliphatic carbocycles. The van der Waals surface area contributed by atoms with Crippen molar-refractivity contribution < 1.29 is 18.0 Å². The number of aromatic nitrogens is 1. The number of ketones is 2. The Kier molecular flexibility index (Phi) is 5.06. The highest BCUT2D eigenvalue weighted by Gasteiger charge is 2.31. The first-order chi connectivity index (χ1) is 13.9. The highest BCUT2D eigenvalue weighted by Crippen LogP contribution is 2.33. The van der Waals surface area contributed by atoms with E-state index in [0.717, 1.165) is 37.8 Å². The fourth-order valence-corrected chi connectivity index (χ4v) is 4.84. The number of hydrogen-bond donors (Lipinski definition) is 2. The average Bonchev–Trinajstić information content (AvgIpc) is 2.72. The summed E-state index contributed by atoms with van der Waals surface area (Å²) in [6, 6.07) is 6.25. The van der Waals surface area contributed by atoms with Crippen molar-refractivity contribution in [1.82, 2.24) is 10.3 Å². The number of nitrogens with one attached hydrogen (secondary N) is 2. The van der Waals surface area contributed by atoms with E-state index in [2.05, 4.69) is 15.6 Å². The largest absolute Gasteiger partial charge is 0.351 e. The molecule has 29 heavy (non-hydrogen) atoms. The van der Waals surface area contributed by atoms with E-state index in [4.69, 9.17) is 0 Å². The van der Waals surface area contributed by atoms with Gasteiger partial charge in [0.05, 0.1) is 28.0 Å². The third kappa shape index (κ3) is 3.73. The Morgan fingerprint density at radius 2 is 1.90 bits per heavy atom. The number of carbonyl (C=O) groups excluding carboxylic acids is 2. The molecule has 1 aromatic carbocycles. The zero-order valence-electron chi connectivity index (χ0n) is 15.9. The van der Waals surface area contributed by atoms with E-state index in [0.29, 0.717) is 11.6 Å². The van der Waals surface area contributed by atoms with Crippen molar-refractivity contribution in [1.29, 1.82) is 0 Å². The number of nitrogens with zero attached hydrogens (tertiary/aromatic N) is 1. The van der Waals surface area contributed by atoms with Crippen LogP contribution in [0.2, 0.25) is 0 Å². The van der Waals surface area contributed by atoms with Gasteiger partial charge in [-0.05, 0) is 49.5 Å². The fourth-order valence-electron chi connectivity index (χ4n) is 3.93. The zero-order chi connectivity index (χ0) is 20.6. The summed E-state index contributed by atoms with van der Waals surface area (Å²) in [6.07, 6.45) is 7.53. The van der Waals surface area contributed by atoms with E-state index in [-0.39, 0.29) is 21.7 Å². The third-order valence-electron chi connectivity index (χ3n) is 5.34. The van der Waals surface area contributed by atoms with Crippen LogP contribution in [0.3, 0.4) is 0 Å². The number of carbonyl (C=O) groups is 2. The van der Waals surface area contributed by atoms with Gasteiger partial charge in [0.1, 0.15) is 0 Å². The first-order valence-electron chi connectivity index (χ1n) is 9.41. The maximum Gasteiger partial charge on any atom is 0.210 e. The topological polar surface area (TPSA) is 105 Å². The van der Waals surface area contributed by atoms with Crippen LogP contribution >= 0.6 is 0 Å². The monoisotopic (exact) mass is 411 g/mol. The molecule has 0 atom stereocenters. The molecule has 0 spiro atoms. The molecule has 8 heteroatoms. The van der Waals surface area contributed by atoms with E-state index in [1.54, 1.807) is 12.4 Å². The number of sulfone groups is 1. The molecule has 1 saturated heterocycles. The molecule has 1 fully saturated rings. The van der Waals surface area contributed by atoms with Crippen LogP contribution in [0, 0.1) is 0 Å². The number of allylic oxidation sites excluding steroid dienone is 2. The van der Waals surface area contributed by atoms with Crippen LogP contribution in [0.4, 0.5) is 5.69 Å². The summed E-state index contributed by atoms with van der Waals surface area (Å²) < 4.78 is 24.1. The van der Waals surface area contributed by atoms with Crippen LogP contribution in [0.25, 0.3) is 0 Å². The molecule has 7 nitrogen and oxygen atoms in total. The molecule has 0 bridgehead atoms. The van der Waals surface area contributed by atoms with Crippen LogP contribution in [0.5, 0.6) is 0 Å². The van der Waals surface area contributed by atoms with Gasteiger partial charge in [0.25, 0.3) is 0 Å². The minimum absolute atomic E-state index is 0.0599. The van der Waals surface area contributed by atoms with E-state index >= 15 is 0 Å². The minimum atomic E-state index is -3.64. The van der Waals surface area contributed by atoms with Crippen molar-refractivity contribution in [2.24, 2.45) is 0 Å². The molecule has 2 aromatic rings. The highest BCUT2D eigenvalue weighted by atomic mass is 32.2. The zero-order valence-corrected chi connectivity index (χ0v) is 16.8. The summed E-state index contributed by atoms with van der Waals surface area (Å²) in [7, 11) is -3.64. The third-order valence-corrected chi connectivity index (χ3v) is 6.48. The molecule has 1 aliphatic heterocycles. The van der Waals surface area contributed by atoms with Gasteiger partial charge in [-0.1, -0.05) is 12.1 Å². The van der Waals surface area contributed by atoms with E-state index in [9.17, 15) is 18.0 Å². The first-order valence-corrected chi connectivity index (χ1v) is 11.3.